The van der Waals surface area contributed by atoms with Gasteiger partial charge in [0.15, 0.2) is 5.88 Å². The Labute approximate surface area is 154 Å². The van der Waals surface area contributed by atoms with Crippen molar-refractivity contribution in [2.24, 2.45) is 4.99 Å². The Balaban J connectivity index is 1.54. The number of nitrogens with one attached hydrogen (secondary N) is 1. The Hall–Kier alpha value is -2.59. The second kappa shape index (κ2) is 7.34. The quantitative estimate of drug-likeness (QED) is 0.653. The van der Waals surface area contributed by atoms with Crippen molar-refractivity contribution in [2.45, 2.75) is 32.7 Å². The molecule has 134 valence electrons. The Kier molecular flexibility index (Phi) is 4.76. The van der Waals surface area contributed by atoms with Crippen LogP contribution in [0.25, 0.3) is 10.9 Å². The van der Waals surface area contributed by atoms with E-state index in [0.717, 1.165) is 34.4 Å². The number of fused-ring (bicyclic) bond motifs is 1. The first kappa shape index (κ1) is 16.9. The second-order valence-corrected chi connectivity index (χ2v) is 7.09. The van der Waals surface area contributed by atoms with E-state index in [4.69, 9.17) is 4.99 Å². The van der Waals surface area contributed by atoms with E-state index in [9.17, 15) is 5.11 Å². The van der Waals surface area contributed by atoms with Gasteiger partial charge in [-0.25, -0.2) is 0 Å². The number of aliphatic imine (C=N–C) groups is 1. The molecule has 1 saturated heterocycles. The maximum atomic E-state index is 10.3. The van der Waals surface area contributed by atoms with E-state index in [2.05, 4.69) is 34.1 Å². The van der Waals surface area contributed by atoms with E-state index < -0.39 is 0 Å². The Morgan fingerprint density at radius 3 is 2.54 bits per heavy atom. The van der Waals surface area contributed by atoms with Crippen LogP contribution in [0, 0.1) is 0 Å². The normalized spacial score (nSPS) is 16.3. The molecule has 0 saturated carbocycles. The van der Waals surface area contributed by atoms with E-state index in [0.29, 0.717) is 0 Å². The van der Waals surface area contributed by atoms with Crippen LogP contribution in [0.3, 0.4) is 0 Å². The molecule has 0 atom stereocenters. The highest BCUT2D eigenvalue weighted by molar-refractivity contribution is 6.12. The van der Waals surface area contributed by atoms with Gasteiger partial charge < -0.3 is 10.1 Å². The molecule has 2 N–H and O–H groups in total. The summed E-state index contributed by atoms with van der Waals surface area (Å²) in [6.45, 7) is 5.38. The van der Waals surface area contributed by atoms with E-state index in [1.165, 1.54) is 37.9 Å². The molecule has 3 aromatic rings. The number of hydrogen-bond donors (Lipinski definition) is 2. The standard InChI is InChI=1S/C22H25N3O/c1-16(21-19-7-3-4-8-20(19)24-22(21)26)23-18-11-9-17(10-12-18)15-25-13-5-2-6-14-25/h3-4,7-12,24,26H,2,5-6,13-15H2,1H3. The highest BCUT2D eigenvalue weighted by atomic mass is 16.3. The van der Waals surface area contributed by atoms with Gasteiger partial charge in [-0.2, -0.15) is 0 Å². The minimum Gasteiger partial charge on any atom is -0.494 e. The maximum Gasteiger partial charge on any atom is 0.198 e. The van der Waals surface area contributed by atoms with Gasteiger partial charge in [-0.3, -0.25) is 9.89 Å². The second-order valence-electron chi connectivity index (χ2n) is 7.09. The maximum absolute atomic E-state index is 10.3. The number of aromatic hydroxyl groups is 1. The van der Waals surface area contributed by atoms with Gasteiger partial charge in [0.25, 0.3) is 0 Å². The molecule has 2 aromatic carbocycles. The third-order valence-corrected chi connectivity index (χ3v) is 5.14. The number of hydrogen-bond acceptors (Lipinski definition) is 3. The lowest BCUT2D eigenvalue weighted by Gasteiger charge is -2.26. The fourth-order valence-corrected chi connectivity index (χ4v) is 3.80. The summed E-state index contributed by atoms with van der Waals surface area (Å²) in [5.41, 5.74) is 4.75. The van der Waals surface area contributed by atoms with Crippen LogP contribution in [-0.2, 0) is 6.54 Å². The molecule has 1 aliphatic heterocycles. The van der Waals surface area contributed by atoms with Crippen LogP contribution >= 0.6 is 0 Å². The molecule has 0 bridgehead atoms. The number of likely N-dealkylation sites (tertiary alicyclic amines) is 1. The van der Waals surface area contributed by atoms with Crippen LogP contribution in [0.1, 0.15) is 37.3 Å². The predicted molar refractivity (Wildman–Crippen MR) is 107 cm³/mol. The topological polar surface area (TPSA) is 51.6 Å². The fraction of sp³-hybridized carbons (Fsp3) is 0.318. The first-order valence-corrected chi connectivity index (χ1v) is 9.37. The summed E-state index contributed by atoms with van der Waals surface area (Å²) < 4.78 is 0. The number of benzene rings is 2. The molecule has 0 spiro atoms. The van der Waals surface area contributed by atoms with Crippen molar-refractivity contribution in [3.05, 3.63) is 59.7 Å². The van der Waals surface area contributed by atoms with E-state index >= 15 is 0 Å². The van der Waals surface area contributed by atoms with Crippen molar-refractivity contribution in [2.75, 3.05) is 13.1 Å². The summed E-state index contributed by atoms with van der Waals surface area (Å²) in [5.74, 6) is 0.175. The van der Waals surface area contributed by atoms with Crippen LogP contribution in [0.5, 0.6) is 5.88 Å². The zero-order chi connectivity index (χ0) is 17.9. The van der Waals surface area contributed by atoms with E-state index in [-0.39, 0.29) is 5.88 Å². The number of nitrogens with zero attached hydrogens (tertiary/aromatic N) is 2. The number of H-pyrrole nitrogens is 1. The molecule has 2 heterocycles. The first-order valence-electron chi connectivity index (χ1n) is 9.37. The first-order chi connectivity index (χ1) is 12.7. The molecule has 1 aromatic heterocycles. The zero-order valence-corrected chi connectivity index (χ0v) is 15.2. The van der Waals surface area contributed by atoms with Gasteiger partial charge >= 0.3 is 0 Å². The average molecular weight is 347 g/mol. The van der Waals surface area contributed by atoms with Crippen molar-refractivity contribution in [3.63, 3.8) is 0 Å². The van der Waals surface area contributed by atoms with Crippen LogP contribution < -0.4 is 0 Å². The average Bonchev–Trinajstić information content (AvgIpc) is 3.00. The third kappa shape index (κ3) is 3.51. The van der Waals surface area contributed by atoms with Gasteiger partial charge in [0.1, 0.15) is 0 Å². The monoisotopic (exact) mass is 347 g/mol. The predicted octanol–water partition coefficient (Wildman–Crippen LogP) is 5.00. The Bertz CT molecular complexity index is 918. The molecule has 4 rings (SSSR count). The summed E-state index contributed by atoms with van der Waals surface area (Å²) >= 11 is 0. The molecular weight excluding hydrogens is 322 g/mol. The van der Waals surface area contributed by atoms with Gasteiger partial charge in [-0.15, -0.1) is 0 Å². The van der Waals surface area contributed by atoms with E-state index in [1.807, 2.05) is 31.2 Å². The lowest BCUT2D eigenvalue weighted by molar-refractivity contribution is 0.221. The fourth-order valence-electron chi connectivity index (χ4n) is 3.80. The molecule has 0 amide bonds. The number of rotatable bonds is 4. The Morgan fingerprint density at radius 1 is 1.04 bits per heavy atom. The lowest BCUT2D eigenvalue weighted by Crippen LogP contribution is -2.28. The third-order valence-electron chi connectivity index (χ3n) is 5.14. The molecule has 1 aliphatic rings. The lowest BCUT2D eigenvalue weighted by atomic mass is 10.1. The van der Waals surface area contributed by atoms with Crippen molar-refractivity contribution in [1.82, 2.24) is 9.88 Å². The SMILES string of the molecule is CC(=Nc1ccc(CN2CCCCC2)cc1)c1c(O)[nH]c2ccccc12. The van der Waals surface area contributed by atoms with Gasteiger partial charge in [0.2, 0.25) is 0 Å². The van der Waals surface area contributed by atoms with E-state index in [1.54, 1.807) is 0 Å². The molecule has 0 unspecified atom stereocenters. The molecular formula is C22H25N3O. The molecule has 4 nitrogen and oxygen atoms in total. The number of para-hydroxylation sites is 1. The summed E-state index contributed by atoms with van der Waals surface area (Å²) in [5, 5.41) is 11.3. The number of aromatic nitrogens is 1. The van der Waals surface area contributed by atoms with Crippen molar-refractivity contribution < 1.29 is 5.11 Å². The highest BCUT2D eigenvalue weighted by Gasteiger charge is 2.13. The smallest absolute Gasteiger partial charge is 0.198 e. The number of aromatic amines is 1. The summed E-state index contributed by atoms with van der Waals surface area (Å²) in [7, 11) is 0. The van der Waals surface area contributed by atoms with Gasteiger partial charge in [-0.1, -0.05) is 36.8 Å². The molecule has 0 aliphatic carbocycles. The summed E-state index contributed by atoms with van der Waals surface area (Å²) in [6, 6.07) is 16.3. The minimum atomic E-state index is 0.175. The van der Waals surface area contributed by atoms with Crippen LogP contribution in [0.4, 0.5) is 5.69 Å². The van der Waals surface area contributed by atoms with Gasteiger partial charge in [-0.05, 0) is 56.6 Å². The molecule has 4 heteroatoms. The number of piperidine rings is 1. The largest absolute Gasteiger partial charge is 0.494 e. The summed E-state index contributed by atoms with van der Waals surface area (Å²) in [6.07, 6.45) is 4.00. The van der Waals surface area contributed by atoms with Crippen molar-refractivity contribution in [1.29, 1.82) is 0 Å². The summed E-state index contributed by atoms with van der Waals surface area (Å²) in [4.78, 5) is 10.3. The van der Waals surface area contributed by atoms with Crippen LogP contribution in [0.2, 0.25) is 0 Å². The van der Waals surface area contributed by atoms with Gasteiger partial charge in [0, 0.05) is 17.4 Å². The van der Waals surface area contributed by atoms with Crippen LogP contribution in [0.15, 0.2) is 53.5 Å². The van der Waals surface area contributed by atoms with Crippen LogP contribution in [-0.4, -0.2) is 33.8 Å². The minimum absolute atomic E-state index is 0.175. The zero-order valence-electron chi connectivity index (χ0n) is 15.2. The van der Waals surface area contributed by atoms with Crippen molar-refractivity contribution in [3.8, 4) is 5.88 Å². The molecule has 0 radical (unpaired) electrons. The van der Waals surface area contributed by atoms with Crippen molar-refractivity contribution >= 4 is 22.3 Å². The molecule has 26 heavy (non-hydrogen) atoms. The van der Waals surface area contributed by atoms with Gasteiger partial charge in [0.05, 0.1) is 17.0 Å². The highest BCUT2D eigenvalue weighted by Crippen LogP contribution is 2.29. The Morgan fingerprint density at radius 2 is 1.77 bits per heavy atom. The molecule has 1 fully saturated rings.